The van der Waals surface area contributed by atoms with Crippen LogP contribution in [0.25, 0.3) is 0 Å². The highest BCUT2D eigenvalue weighted by atomic mass is 16.2. The SMILES string of the molecule is CCC1CCC(CNC(=O)c2n[nH]c(C3CC3)n2)CC1. The maximum absolute atomic E-state index is 12.0. The van der Waals surface area contributed by atoms with Gasteiger partial charge in [-0.15, -0.1) is 5.10 Å². The fourth-order valence-electron chi connectivity index (χ4n) is 3.08. The molecule has 5 nitrogen and oxygen atoms in total. The van der Waals surface area contributed by atoms with Gasteiger partial charge in [0.15, 0.2) is 0 Å². The van der Waals surface area contributed by atoms with E-state index in [9.17, 15) is 4.79 Å². The molecule has 1 aromatic rings. The Morgan fingerprint density at radius 1 is 1.20 bits per heavy atom. The van der Waals surface area contributed by atoms with E-state index in [1.54, 1.807) is 0 Å². The van der Waals surface area contributed by atoms with Crippen molar-refractivity contribution in [3.05, 3.63) is 11.6 Å². The normalized spacial score (nSPS) is 26.4. The van der Waals surface area contributed by atoms with Crippen LogP contribution < -0.4 is 5.32 Å². The van der Waals surface area contributed by atoms with Gasteiger partial charge in [0.25, 0.3) is 5.91 Å². The zero-order valence-electron chi connectivity index (χ0n) is 12.2. The number of carbonyl (C=O) groups excluding carboxylic acids is 1. The largest absolute Gasteiger partial charge is 0.349 e. The number of carbonyl (C=O) groups is 1. The van der Waals surface area contributed by atoms with Gasteiger partial charge in [-0.1, -0.05) is 26.2 Å². The standard InChI is InChI=1S/C15H24N4O/c1-2-10-3-5-11(6-4-10)9-16-15(20)14-17-13(18-19-14)12-7-8-12/h10-12H,2-9H2,1H3,(H,16,20)(H,17,18,19). The van der Waals surface area contributed by atoms with Crippen molar-refractivity contribution < 1.29 is 4.79 Å². The predicted molar refractivity (Wildman–Crippen MR) is 76.4 cm³/mol. The summed E-state index contributed by atoms with van der Waals surface area (Å²) >= 11 is 0. The molecule has 20 heavy (non-hydrogen) atoms. The van der Waals surface area contributed by atoms with Crippen molar-refractivity contribution in [2.24, 2.45) is 11.8 Å². The van der Waals surface area contributed by atoms with Gasteiger partial charge in [0.2, 0.25) is 5.82 Å². The molecule has 1 aromatic heterocycles. The number of aromatic amines is 1. The number of nitrogens with zero attached hydrogens (tertiary/aromatic N) is 2. The van der Waals surface area contributed by atoms with E-state index < -0.39 is 0 Å². The van der Waals surface area contributed by atoms with Crippen LogP contribution in [0.1, 0.15) is 74.2 Å². The average Bonchev–Trinajstić information content (AvgIpc) is 3.22. The Kier molecular flexibility index (Phi) is 4.03. The van der Waals surface area contributed by atoms with Crippen LogP contribution in [0.2, 0.25) is 0 Å². The molecule has 1 amide bonds. The number of amides is 1. The number of H-pyrrole nitrogens is 1. The molecule has 0 bridgehead atoms. The fourth-order valence-corrected chi connectivity index (χ4v) is 3.08. The lowest BCUT2D eigenvalue weighted by molar-refractivity contribution is 0.0931. The molecule has 0 aromatic carbocycles. The van der Waals surface area contributed by atoms with Gasteiger partial charge in [0.1, 0.15) is 5.82 Å². The quantitative estimate of drug-likeness (QED) is 0.868. The van der Waals surface area contributed by atoms with E-state index in [0.29, 0.717) is 17.7 Å². The first-order chi connectivity index (χ1) is 9.76. The minimum atomic E-state index is -0.134. The van der Waals surface area contributed by atoms with Crippen molar-refractivity contribution in [2.75, 3.05) is 6.54 Å². The molecule has 0 spiro atoms. The highest BCUT2D eigenvalue weighted by Gasteiger charge is 2.28. The second-order valence-corrected chi connectivity index (χ2v) is 6.32. The van der Waals surface area contributed by atoms with Crippen LogP contribution in [-0.4, -0.2) is 27.6 Å². The molecular formula is C15H24N4O. The molecule has 0 atom stereocenters. The number of rotatable bonds is 5. The first-order valence-corrected chi connectivity index (χ1v) is 7.96. The van der Waals surface area contributed by atoms with E-state index in [-0.39, 0.29) is 5.91 Å². The fraction of sp³-hybridized carbons (Fsp3) is 0.800. The minimum Gasteiger partial charge on any atom is -0.349 e. The summed E-state index contributed by atoms with van der Waals surface area (Å²) in [6.07, 6.45) is 8.71. The monoisotopic (exact) mass is 276 g/mol. The third-order valence-electron chi connectivity index (χ3n) is 4.76. The van der Waals surface area contributed by atoms with Crippen molar-refractivity contribution in [1.82, 2.24) is 20.5 Å². The van der Waals surface area contributed by atoms with Gasteiger partial charge in [0.05, 0.1) is 0 Å². The molecule has 2 fully saturated rings. The van der Waals surface area contributed by atoms with Crippen LogP contribution in [0.15, 0.2) is 0 Å². The Morgan fingerprint density at radius 2 is 1.90 bits per heavy atom. The molecule has 0 aliphatic heterocycles. The predicted octanol–water partition coefficient (Wildman–Crippen LogP) is 2.63. The maximum atomic E-state index is 12.0. The van der Waals surface area contributed by atoms with E-state index >= 15 is 0 Å². The molecule has 1 heterocycles. The third-order valence-corrected chi connectivity index (χ3v) is 4.76. The molecule has 5 heteroatoms. The molecular weight excluding hydrogens is 252 g/mol. The minimum absolute atomic E-state index is 0.134. The molecule has 2 saturated carbocycles. The Hall–Kier alpha value is -1.39. The van der Waals surface area contributed by atoms with Gasteiger partial charge >= 0.3 is 0 Å². The molecule has 0 unspecified atom stereocenters. The van der Waals surface area contributed by atoms with E-state index in [2.05, 4.69) is 27.4 Å². The van der Waals surface area contributed by atoms with Crippen LogP contribution in [0.4, 0.5) is 0 Å². The lowest BCUT2D eigenvalue weighted by atomic mass is 9.81. The topological polar surface area (TPSA) is 70.7 Å². The van der Waals surface area contributed by atoms with Crippen molar-refractivity contribution in [2.45, 2.75) is 57.8 Å². The summed E-state index contributed by atoms with van der Waals surface area (Å²) < 4.78 is 0. The summed E-state index contributed by atoms with van der Waals surface area (Å²) in [5, 5.41) is 9.89. The maximum Gasteiger partial charge on any atom is 0.290 e. The van der Waals surface area contributed by atoms with Crippen LogP contribution >= 0.6 is 0 Å². The summed E-state index contributed by atoms with van der Waals surface area (Å²) in [5.41, 5.74) is 0. The number of aromatic nitrogens is 3. The number of hydrogen-bond donors (Lipinski definition) is 2. The molecule has 2 aliphatic carbocycles. The molecule has 110 valence electrons. The number of nitrogens with one attached hydrogen (secondary N) is 2. The first-order valence-electron chi connectivity index (χ1n) is 7.96. The summed E-state index contributed by atoms with van der Waals surface area (Å²) in [4.78, 5) is 16.3. The molecule has 2 N–H and O–H groups in total. The van der Waals surface area contributed by atoms with Crippen LogP contribution in [-0.2, 0) is 0 Å². The van der Waals surface area contributed by atoms with Crippen LogP contribution in [0, 0.1) is 11.8 Å². The van der Waals surface area contributed by atoms with Crippen LogP contribution in [0.5, 0.6) is 0 Å². The summed E-state index contributed by atoms with van der Waals surface area (Å²) in [7, 11) is 0. The Morgan fingerprint density at radius 3 is 2.55 bits per heavy atom. The van der Waals surface area contributed by atoms with Crippen molar-refractivity contribution in [3.63, 3.8) is 0 Å². The lowest BCUT2D eigenvalue weighted by Gasteiger charge is -2.27. The summed E-state index contributed by atoms with van der Waals surface area (Å²) in [6.45, 7) is 3.04. The van der Waals surface area contributed by atoms with Gasteiger partial charge in [-0.3, -0.25) is 9.89 Å². The van der Waals surface area contributed by atoms with Gasteiger partial charge in [0, 0.05) is 12.5 Å². The van der Waals surface area contributed by atoms with Gasteiger partial charge in [-0.25, -0.2) is 4.98 Å². The Balaban J connectivity index is 1.44. The molecule has 2 aliphatic rings. The van der Waals surface area contributed by atoms with Crippen molar-refractivity contribution in [3.8, 4) is 0 Å². The number of hydrogen-bond acceptors (Lipinski definition) is 3. The third kappa shape index (κ3) is 3.19. The smallest absolute Gasteiger partial charge is 0.290 e. The van der Waals surface area contributed by atoms with Crippen molar-refractivity contribution in [1.29, 1.82) is 0 Å². The van der Waals surface area contributed by atoms with Gasteiger partial charge < -0.3 is 5.32 Å². The van der Waals surface area contributed by atoms with E-state index in [1.807, 2.05) is 0 Å². The van der Waals surface area contributed by atoms with E-state index in [4.69, 9.17) is 0 Å². The lowest BCUT2D eigenvalue weighted by Crippen LogP contribution is -2.31. The zero-order valence-corrected chi connectivity index (χ0v) is 12.2. The molecule has 0 radical (unpaired) electrons. The van der Waals surface area contributed by atoms with Crippen molar-refractivity contribution >= 4 is 5.91 Å². The van der Waals surface area contributed by atoms with Gasteiger partial charge in [-0.05, 0) is 37.5 Å². The van der Waals surface area contributed by atoms with E-state index in [1.165, 1.54) is 32.1 Å². The molecule has 0 saturated heterocycles. The second kappa shape index (κ2) is 5.94. The average molecular weight is 276 g/mol. The summed E-state index contributed by atoms with van der Waals surface area (Å²) in [6, 6.07) is 0. The Bertz CT molecular complexity index is 458. The Labute approximate surface area is 119 Å². The van der Waals surface area contributed by atoms with E-state index in [0.717, 1.165) is 31.1 Å². The van der Waals surface area contributed by atoms with Crippen LogP contribution in [0.3, 0.4) is 0 Å². The first kappa shape index (κ1) is 13.6. The molecule has 3 rings (SSSR count). The second-order valence-electron chi connectivity index (χ2n) is 6.32. The van der Waals surface area contributed by atoms with Gasteiger partial charge in [-0.2, -0.15) is 0 Å². The summed E-state index contributed by atoms with van der Waals surface area (Å²) in [5.74, 6) is 3.08. The highest BCUT2D eigenvalue weighted by Crippen LogP contribution is 2.37. The highest BCUT2D eigenvalue weighted by molar-refractivity contribution is 5.90. The zero-order chi connectivity index (χ0) is 13.9.